The van der Waals surface area contributed by atoms with Crippen LogP contribution < -0.4 is 4.74 Å². The van der Waals surface area contributed by atoms with Crippen LogP contribution in [-0.4, -0.2) is 35.1 Å². The van der Waals surface area contributed by atoms with Crippen LogP contribution in [0.25, 0.3) is 11.8 Å². The molecular weight excluding hydrogens is 464 g/mol. The fourth-order valence-corrected chi connectivity index (χ4v) is 3.63. The van der Waals surface area contributed by atoms with E-state index in [9.17, 15) is 26.3 Å². The molecule has 4 rings (SSSR count). The maximum Gasteiger partial charge on any atom is 0.442 e. The Morgan fingerprint density at radius 1 is 0.912 bits per heavy atom. The number of ether oxygens (including phenoxy) is 2. The summed E-state index contributed by atoms with van der Waals surface area (Å²) in [6, 6.07) is 14.1. The summed E-state index contributed by atoms with van der Waals surface area (Å²) >= 11 is 0. The SMILES string of the molecule is COc1ccc(/C=C\C2=Nc3c(c(C)nn3-c3ccccc3)C(C(F)(F)F)(C(F)(F)F)O2)cc1. The normalized spacial score (nSPS) is 15.6. The van der Waals surface area contributed by atoms with E-state index in [-0.39, 0.29) is 5.69 Å². The number of aryl methyl sites for hydroxylation is 1. The second-order valence-electron chi connectivity index (χ2n) is 7.37. The molecule has 178 valence electrons. The molecule has 0 aliphatic carbocycles. The molecule has 3 aromatic rings. The molecule has 0 N–H and O–H groups in total. The number of benzene rings is 2. The van der Waals surface area contributed by atoms with Crippen LogP contribution in [0.1, 0.15) is 16.8 Å². The molecule has 0 radical (unpaired) electrons. The molecule has 2 aromatic carbocycles. The van der Waals surface area contributed by atoms with Crippen LogP contribution in [0.4, 0.5) is 32.2 Å². The number of fused-ring (bicyclic) bond motifs is 1. The predicted molar refractivity (Wildman–Crippen MR) is 112 cm³/mol. The number of aromatic nitrogens is 2. The molecule has 5 nitrogen and oxygen atoms in total. The zero-order chi connectivity index (χ0) is 24.7. The van der Waals surface area contributed by atoms with Crippen LogP contribution in [0.5, 0.6) is 5.75 Å². The Kier molecular flexibility index (Phi) is 5.66. The Bertz CT molecular complexity index is 1230. The van der Waals surface area contributed by atoms with Gasteiger partial charge in [0.1, 0.15) is 5.75 Å². The fourth-order valence-electron chi connectivity index (χ4n) is 3.63. The third-order valence-corrected chi connectivity index (χ3v) is 5.20. The van der Waals surface area contributed by atoms with Crippen molar-refractivity contribution in [3.63, 3.8) is 0 Å². The summed E-state index contributed by atoms with van der Waals surface area (Å²) in [5.74, 6) is -0.947. The van der Waals surface area contributed by atoms with Crippen molar-refractivity contribution < 1.29 is 35.8 Å². The van der Waals surface area contributed by atoms with Gasteiger partial charge in [-0.3, -0.25) is 0 Å². The van der Waals surface area contributed by atoms with E-state index in [1.165, 1.54) is 25.3 Å². The quantitative estimate of drug-likeness (QED) is 0.412. The smallest absolute Gasteiger partial charge is 0.442 e. The van der Waals surface area contributed by atoms with Crippen LogP contribution in [0.15, 0.2) is 65.7 Å². The lowest BCUT2D eigenvalue weighted by Crippen LogP contribution is -2.57. The van der Waals surface area contributed by atoms with E-state index in [4.69, 9.17) is 4.74 Å². The van der Waals surface area contributed by atoms with E-state index in [1.807, 2.05) is 0 Å². The highest BCUT2D eigenvalue weighted by Gasteiger charge is 2.77. The van der Waals surface area contributed by atoms with Gasteiger partial charge in [-0.25, -0.2) is 4.68 Å². The maximum absolute atomic E-state index is 14.2. The third kappa shape index (κ3) is 3.80. The Morgan fingerprint density at radius 3 is 2.09 bits per heavy atom. The second-order valence-corrected chi connectivity index (χ2v) is 7.37. The molecule has 0 amide bonds. The summed E-state index contributed by atoms with van der Waals surface area (Å²) in [7, 11) is 1.46. The molecule has 1 aromatic heterocycles. The van der Waals surface area contributed by atoms with E-state index < -0.39 is 40.9 Å². The van der Waals surface area contributed by atoms with E-state index in [0.29, 0.717) is 11.3 Å². The number of para-hydroxylation sites is 1. The predicted octanol–water partition coefficient (Wildman–Crippen LogP) is 6.28. The molecule has 0 fully saturated rings. The van der Waals surface area contributed by atoms with Crippen LogP contribution in [0.3, 0.4) is 0 Å². The standard InChI is InChI=1S/C23H17F6N3O2/c1-14-19-20(32(31-14)16-6-4-3-5-7-16)30-18(13-10-15-8-11-17(33-2)12-9-15)34-21(19,22(24,25)26)23(27,28)29/h3-13H,1-2H3/b13-10-. The molecule has 0 saturated carbocycles. The number of rotatable bonds is 4. The summed E-state index contributed by atoms with van der Waals surface area (Å²) in [4.78, 5) is 4.00. The van der Waals surface area contributed by atoms with E-state index >= 15 is 0 Å². The highest BCUT2D eigenvalue weighted by atomic mass is 19.4. The highest BCUT2D eigenvalue weighted by molar-refractivity contribution is 5.95. The van der Waals surface area contributed by atoms with Crippen molar-refractivity contribution in [2.75, 3.05) is 7.11 Å². The molecule has 0 bridgehead atoms. The molecule has 0 saturated heterocycles. The van der Waals surface area contributed by atoms with Gasteiger partial charge in [-0.2, -0.15) is 36.4 Å². The molecule has 1 aliphatic rings. The van der Waals surface area contributed by atoms with Crippen molar-refractivity contribution in [3.05, 3.63) is 77.5 Å². The van der Waals surface area contributed by atoms with Crippen molar-refractivity contribution in [1.29, 1.82) is 0 Å². The van der Waals surface area contributed by atoms with Crippen molar-refractivity contribution in [1.82, 2.24) is 9.78 Å². The minimum absolute atomic E-state index is 0.245. The van der Waals surface area contributed by atoms with Gasteiger partial charge in [-0.15, -0.1) is 0 Å². The van der Waals surface area contributed by atoms with E-state index in [1.54, 1.807) is 42.5 Å². The summed E-state index contributed by atoms with van der Waals surface area (Å²) < 4.78 is 95.9. The van der Waals surface area contributed by atoms with E-state index in [0.717, 1.165) is 17.7 Å². The first-order valence-corrected chi connectivity index (χ1v) is 9.87. The largest absolute Gasteiger partial charge is 0.497 e. The first kappa shape index (κ1) is 23.4. The van der Waals surface area contributed by atoms with Gasteiger partial charge in [0.25, 0.3) is 0 Å². The molecule has 0 unspecified atom stereocenters. The molecule has 34 heavy (non-hydrogen) atoms. The number of hydrogen-bond donors (Lipinski definition) is 0. The van der Waals surface area contributed by atoms with Crippen molar-refractivity contribution in [2.45, 2.75) is 24.9 Å². The van der Waals surface area contributed by atoms with Crippen molar-refractivity contribution >= 4 is 17.8 Å². The Morgan fingerprint density at radius 2 is 1.53 bits per heavy atom. The monoisotopic (exact) mass is 481 g/mol. The number of aliphatic imine (C=N–C) groups is 1. The second kappa shape index (κ2) is 8.23. The molecule has 11 heteroatoms. The van der Waals surface area contributed by atoms with Crippen LogP contribution in [0, 0.1) is 6.92 Å². The summed E-state index contributed by atoms with van der Waals surface area (Å²) in [5, 5.41) is 3.95. The topological polar surface area (TPSA) is 48.6 Å². The first-order chi connectivity index (χ1) is 16.0. The zero-order valence-electron chi connectivity index (χ0n) is 17.8. The van der Waals surface area contributed by atoms with Gasteiger partial charge >= 0.3 is 18.0 Å². The lowest BCUT2D eigenvalue weighted by Gasteiger charge is -2.39. The third-order valence-electron chi connectivity index (χ3n) is 5.20. The maximum atomic E-state index is 14.2. The molecule has 0 atom stereocenters. The van der Waals surface area contributed by atoms with Gasteiger partial charge in [0, 0.05) is 6.08 Å². The highest BCUT2D eigenvalue weighted by Crippen LogP contribution is 2.58. The Balaban J connectivity index is 1.93. The Hall–Kier alpha value is -3.76. The summed E-state index contributed by atoms with van der Waals surface area (Å²) in [6.07, 6.45) is -9.47. The van der Waals surface area contributed by atoms with Gasteiger partial charge in [0.2, 0.25) is 5.90 Å². The van der Waals surface area contributed by atoms with E-state index in [2.05, 4.69) is 14.8 Å². The number of alkyl halides is 6. The number of halogens is 6. The van der Waals surface area contributed by atoms with Gasteiger partial charge in [-0.05, 0) is 42.8 Å². The minimum Gasteiger partial charge on any atom is -0.497 e. The van der Waals surface area contributed by atoms with Gasteiger partial charge in [-0.1, -0.05) is 30.3 Å². The van der Waals surface area contributed by atoms with Crippen LogP contribution >= 0.6 is 0 Å². The number of methoxy groups -OCH3 is 1. The molecule has 0 spiro atoms. The lowest BCUT2D eigenvalue weighted by molar-refractivity contribution is -0.370. The van der Waals surface area contributed by atoms with Crippen LogP contribution in [0.2, 0.25) is 0 Å². The average Bonchev–Trinajstić information content (AvgIpc) is 3.13. The zero-order valence-corrected chi connectivity index (χ0v) is 17.8. The van der Waals surface area contributed by atoms with Gasteiger partial charge < -0.3 is 9.47 Å². The van der Waals surface area contributed by atoms with Gasteiger partial charge in [0.05, 0.1) is 24.1 Å². The first-order valence-electron chi connectivity index (χ1n) is 9.87. The average molecular weight is 481 g/mol. The number of hydrogen-bond acceptors (Lipinski definition) is 4. The van der Waals surface area contributed by atoms with Crippen LogP contribution in [-0.2, 0) is 10.3 Å². The minimum atomic E-state index is -5.86. The van der Waals surface area contributed by atoms with Gasteiger partial charge in [0.15, 0.2) is 5.82 Å². The summed E-state index contributed by atoms with van der Waals surface area (Å²) in [6.45, 7) is 1.06. The fraction of sp³-hybridized carbons (Fsp3) is 0.217. The molecular formula is C23H17F6N3O2. The molecule has 2 heterocycles. The van der Waals surface area contributed by atoms with Crippen molar-refractivity contribution in [2.24, 2.45) is 4.99 Å². The summed E-state index contributed by atoms with van der Waals surface area (Å²) in [5.41, 5.74) is -5.62. The molecule has 1 aliphatic heterocycles. The lowest BCUT2D eigenvalue weighted by atomic mass is 9.90. The number of nitrogens with zero attached hydrogens (tertiary/aromatic N) is 3. The Labute approximate surface area is 189 Å². The van der Waals surface area contributed by atoms with Crippen molar-refractivity contribution in [3.8, 4) is 11.4 Å².